The molecule has 1 aliphatic carbocycles. The lowest BCUT2D eigenvalue weighted by atomic mass is 10.1. The summed E-state index contributed by atoms with van der Waals surface area (Å²) < 4.78 is 22.9. The molecule has 0 aromatic heterocycles. The van der Waals surface area contributed by atoms with Crippen LogP contribution in [0.5, 0.6) is 0 Å². The number of nitrogens with two attached hydrogens (primary N) is 1. The molecule has 1 saturated carbocycles. The van der Waals surface area contributed by atoms with Gasteiger partial charge < -0.3 is 5.32 Å². The van der Waals surface area contributed by atoms with E-state index in [0.717, 1.165) is 12.8 Å². The van der Waals surface area contributed by atoms with Crippen LogP contribution in [0.25, 0.3) is 0 Å². The van der Waals surface area contributed by atoms with Crippen LogP contribution in [0.4, 0.5) is 0 Å². The number of hydrogen-bond donors (Lipinski definition) is 2. The standard InChI is InChI=1S/C12H15ClN2O3S/c1-7-9(11(16)15-12(2)3-4-12)5-8(13)6-10(7)19(14,17)18/h5-6H,3-4H2,1-2H3,(H,15,16)(H2,14,17,18). The Bertz CT molecular complexity index is 651. The van der Waals surface area contributed by atoms with Crippen molar-refractivity contribution in [3.8, 4) is 0 Å². The topological polar surface area (TPSA) is 89.3 Å². The zero-order valence-electron chi connectivity index (χ0n) is 10.7. The van der Waals surface area contributed by atoms with Crippen LogP contribution in [-0.4, -0.2) is 19.9 Å². The van der Waals surface area contributed by atoms with Crippen molar-refractivity contribution in [1.82, 2.24) is 5.32 Å². The van der Waals surface area contributed by atoms with Crippen molar-refractivity contribution >= 4 is 27.5 Å². The van der Waals surface area contributed by atoms with E-state index < -0.39 is 10.0 Å². The van der Waals surface area contributed by atoms with Crippen LogP contribution in [0.15, 0.2) is 17.0 Å². The molecule has 19 heavy (non-hydrogen) atoms. The first-order chi connectivity index (χ1) is 8.62. The van der Waals surface area contributed by atoms with Gasteiger partial charge >= 0.3 is 0 Å². The second-order valence-corrected chi connectivity index (χ2v) is 7.10. The van der Waals surface area contributed by atoms with Crippen molar-refractivity contribution in [2.24, 2.45) is 5.14 Å². The highest BCUT2D eigenvalue weighted by atomic mass is 35.5. The maximum atomic E-state index is 12.1. The van der Waals surface area contributed by atoms with Gasteiger partial charge in [-0.3, -0.25) is 4.79 Å². The van der Waals surface area contributed by atoms with Gasteiger partial charge in [0.25, 0.3) is 5.91 Å². The van der Waals surface area contributed by atoms with E-state index in [0.29, 0.717) is 5.56 Å². The monoisotopic (exact) mass is 302 g/mol. The fourth-order valence-electron chi connectivity index (χ4n) is 1.84. The first-order valence-corrected chi connectivity index (χ1v) is 7.70. The average Bonchev–Trinajstić information content (AvgIpc) is 2.97. The van der Waals surface area contributed by atoms with Crippen molar-refractivity contribution in [2.45, 2.75) is 37.1 Å². The summed E-state index contributed by atoms with van der Waals surface area (Å²) in [5.41, 5.74) is 0.367. The van der Waals surface area contributed by atoms with Crippen molar-refractivity contribution < 1.29 is 13.2 Å². The smallest absolute Gasteiger partial charge is 0.252 e. The molecule has 2 rings (SSSR count). The van der Waals surface area contributed by atoms with Crippen molar-refractivity contribution in [3.63, 3.8) is 0 Å². The Kier molecular flexibility index (Phi) is 3.36. The first kappa shape index (κ1) is 14.3. The van der Waals surface area contributed by atoms with Gasteiger partial charge in [0.2, 0.25) is 10.0 Å². The van der Waals surface area contributed by atoms with Gasteiger partial charge in [-0.1, -0.05) is 11.6 Å². The summed E-state index contributed by atoms with van der Waals surface area (Å²) in [6, 6.07) is 2.70. The summed E-state index contributed by atoms with van der Waals surface area (Å²) in [7, 11) is -3.90. The first-order valence-electron chi connectivity index (χ1n) is 5.78. The number of rotatable bonds is 3. The molecule has 1 aromatic rings. The lowest BCUT2D eigenvalue weighted by molar-refractivity contribution is 0.0934. The molecule has 3 N–H and O–H groups in total. The van der Waals surface area contributed by atoms with Gasteiger partial charge in [0, 0.05) is 16.1 Å². The molecule has 0 radical (unpaired) electrons. The Hall–Kier alpha value is -1.11. The summed E-state index contributed by atoms with van der Waals surface area (Å²) in [5, 5.41) is 8.14. The second-order valence-electron chi connectivity index (χ2n) is 5.14. The summed E-state index contributed by atoms with van der Waals surface area (Å²) in [5.74, 6) is -0.329. The van der Waals surface area contributed by atoms with Gasteiger partial charge in [-0.15, -0.1) is 0 Å². The summed E-state index contributed by atoms with van der Waals surface area (Å²) >= 11 is 5.86. The van der Waals surface area contributed by atoms with Crippen molar-refractivity contribution in [2.75, 3.05) is 0 Å². The summed E-state index contributed by atoms with van der Waals surface area (Å²) in [6.07, 6.45) is 1.83. The molecule has 0 saturated heterocycles. The second kappa shape index (κ2) is 4.47. The normalized spacial score (nSPS) is 17.1. The highest BCUT2D eigenvalue weighted by Crippen LogP contribution is 2.35. The molecule has 1 amide bonds. The maximum absolute atomic E-state index is 12.1. The van der Waals surface area contributed by atoms with Crippen LogP contribution in [0, 0.1) is 6.92 Å². The van der Waals surface area contributed by atoms with Crippen LogP contribution in [0.2, 0.25) is 5.02 Å². The fourth-order valence-corrected chi connectivity index (χ4v) is 2.95. The van der Waals surface area contributed by atoms with Gasteiger partial charge in [-0.25, -0.2) is 13.6 Å². The quantitative estimate of drug-likeness (QED) is 0.888. The number of nitrogens with one attached hydrogen (secondary N) is 1. The molecule has 104 valence electrons. The number of primary sulfonamides is 1. The molecule has 5 nitrogen and oxygen atoms in total. The highest BCUT2D eigenvalue weighted by Gasteiger charge is 2.39. The zero-order valence-corrected chi connectivity index (χ0v) is 12.2. The third-order valence-corrected chi connectivity index (χ3v) is 4.55. The van der Waals surface area contributed by atoms with E-state index in [4.69, 9.17) is 16.7 Å². The Morgan fingerprint density at radius 3 is 2.47 bits per heavy atom. The van der Waals surface area contributed by atoms with Gasteiger partial charge in [-0.05, 0) is 44.4 Å². The molecule has 0 atom stereocenters. The van der Waals surface area contributed by atoms with Gasteiger partial charge in [-0.2, -0.15) is 0 Å². The Morgan fingerprint density at radius 1 is 1.42 bits per heavy atom. The minimum absolute atomic E-state index is 0.119. The molecule has 1 aromatic carbocycles. The van der Waals surface area contributed by atoms with E-state index in [1.807, 2.05) is 6.92 Å². The third-order valence-electron chi connectivity index (χ3n) is 3.29. The van der Waals surface area contributed by atoms with E-state index in [1.165, 1.54) is 12.1 Å². The Labute approximate surface area is 117 Å². The predicted octanol–water partition coefficient (Wildman–Crippen LogP) is 1.58. The van der Waals surface area contributed by atoms with Crippen LogP contribution in [0.3, 0.4) is 0 Å². The third kappa shape index (κ3) is 3.08. The largest absolute Gasteiger partial charge is 0.347 e. The van der Waals surface area contributed by atoms with E-state index in [9.17, 15) is 13.2 Å². The van der Waals surface area contributed by atoms with E-state index >= 15 is 0 Å². The molecule has 1 aliphatic rings. The minimum Gasteiger partial charge on any atom is -0.347 e. The maximum Gasteiger partial charge on any atom is 0.252 e. The van der Waals surface area contributed by atoms with Crippen LogP contribution >= 0.6 is 11.6 Å². The molecule has 0 aliphatic heterocycles. The van der Waals surface area contributed by atoms with Gasteiger partial charge in [0.1, 0.15) is 0 Å². The van der Waals surface area contributed by atoms with E-state index in [-0.39, 0.29) is 26.9 Å². The number of amides is 1. The lowest BCUT2D eigenvalue weighted by Crippen LogP contribution is -2.34. The molecule has 0 bridgehead atoms. The molecular formula is C12H15ClN2O3S. The van der Waals surface area contributed by atoms with Crippen molar-refractivity contribution in [3.05, 3.63) is 28.3 Å². The van der Waals surface area contributed by atoms with Crippen LogP contribution in [0.1, 0.15) is 35.7 Å². The molecule has 0 heterocycles. The SMILES string of the molecule is Cc1c(C(=O)NC2(C)CC2)cc(Cl)cc1S(N)(=O)=O. The number of carbonyl (C=O) groups excluding carboxylic acids is 1. The molecule has 1 fully saturated rings. The molecule has 0 unspecified atom stereocenters. The van der Waals surface area contributed by atoms with Crippen LogP contribution in [-0.2, 0) is 10.0 Å². The lowest BCUT2D eigenvalue weighted by Gasteiger charge is -2.15. The number of halogens is 1. The number of sulfonamides is 1. The molecule has 7 heteroatoms. The number of benzene rings is 1. The van der Waals surface area contributed by atoms with E-state index in [1.54, 1.807) is 6.92 Å². The average molecular weight is 303 g/mol. The number of carbonyl (C=O) groups is 1. The molecule has 0 spiro atoms. The highest BCUT2D eigenvalue weighted by molar-refractivity contribution is 7.89. The Morgan fingerprint density at radius 2 is 2.00 bits per heavy atom. The van der Waals surface area contributed by atoms with Crippen LogP contribution < -0.4 is 10.5 Å². The summed E-state index contributed by atoms with van der Waals surface area (Å²) in [6.45, 7) is 3.48. The zero-order chi connectivity index (χ0) is 14.4. The Balaban J connectivity index is 2.46. The molecular weight excluding hydrogens is 288 g/mol. The number of hydrogen-bond acceptors (Lipinski definition) is 3. The predicted molar refractivity (Wildman–Crippen MR) is 72.7 cm³/mol. The minimum atomic E-state index is -3.90. The van der Waals surface area contributed by atoms with E-state index in [2.05, 4.69) is 5.32 Å². The summed E-state index contributed by atoms with van der Waals surface area (Å²) in [4.78, 5) is 12.0. The van der Waals surface area contributed by atoms with Gasteiger partial charge in [0.15, 0.2) is 0 Å². The van der Waals surface area contributed by atoms with Gasteiger partial charge in [0.05, 0.1) is 4.90 Å². The van der Waals surface area contributed by atoms with Crippen molar-refractivity contribution in [1.29, 1.82) is 0 Å². The fraction of sp³-hybridized carbons (Fsp3) is 0.417.